The van der Waals surface area contributed by atoms with Gasteiger partial charge in [-0.15, -0.1) is 0 Å². The Morgan fingerprint density at radius 2 is 1.56 bits per heavy atom. The van der Waals surface area contributed by atoms with Crippen LogP contribution in [0.3, 0.4) is 0 Å². The van der Waals surface area contributed by atoms with E-state index in [9.17, 15) is 26.3 Å². The SMILES string of the molecule is CN=Cc1ccc(OC2(COc3ccc(C4=NC4)c(C(F)(F)F)c3)CC2(C)C)cc1C(F)(F)F. The Morgan fingerprint density at radius 1 is 0.971 bits per heavy atom. The summed E-state index contributed by atoms with van der Waals surface area (Å²) < 4.78 is 92.7. The van der Waals surface area contributed by atoms with Gasteiger partial charge in [0.2, 0.25) is 0 Å². The van der Waals surface area contributed by atoms with E-state index in [4.69, 9.17) is 9.47 Å². The molecule has 10 heteroatoms. The number of nitrogens with zero attached hydrogens (tertiary/aromatic N) is 2. The summed E-state index contributed by atoms with van der Waals surface area (Å²) in [6.07, 6.45) is -7.62. The van der Waals surface area contributed by atoms with Crippen LogP contribution in [0.4, 0.5) is 26.3 Å². The molecule has 0 spiro atoms. The van der Waals surface area contributed by atoms with Crippen molar-refractivity contribution in [3.05, 3.63) is 58.7 Å². The molecule has 0 N–H and O–H groups in total. The van der Waals surface area contributed by atoms with Gasteiger partial charge in [-0.25, -0.2) is 0 Å². The Labute approximate surface area is 192 Å². The Balaban J connectivity index is 1.57. The van der Waals surface area contributed by atoms with Crippen molar-refractivity contribution >= 4 is 11.9 Å². The third kappa shape index (κ3) is 4.76. The maximum absolute atomic E-state index is 13.5. The molecule has 2 aromatic carbocycles. The monoisotopic (exact) mass is 484 g/mol. The molecule has 1 heterocycles. The van der Waals surface area contributed by atoms with Crippen molar-refractivity contribution < 1.29 is 35.8 Å². The average Bonchev–Trinajstić information content (AvgIpc) is 3.64. The Morgan fingerprint density at radius 3 is 2.09 bits per heavy atom. The van der Waals surface area contributed by atoms with Crippen LogP contribution >= 0.6 is 0 Å². The minimum atomic E-state index is -4.61. The summed E-state index contributed by atoms with van der Waals surface area (Å²) in [5.74, 6) is -0.0127. The summed E-state index contributed by atoms with van der Waals surface area (Å²) in [6, 6.07) is 7.24. The van der Waals surface area contributed by atoms with Crippen LogP contribution in [0.1, 0.15) is 42.5 Å². The first-order valence-electron chi connectivity index (χ1n) is 10.5. The molecule has 34 heavy (non-hydrogen) atoms. The quantitative estimate of drug-likeness (QED) is 0.347. The average molecular weight is 484 g/mol. The van der Waals surface area contributed by atoms with Crippen molar-refractivity contribution in [2.24, 2.45) is 15.4 Å². The summed E-state index contributed by atoms with van der Waals surface area (Å²) in [5, 5.41) is 0. The third-order valence-electron chi connectivity index (χ3n) is 6.14. The van der Waals surface area contributed by atoms with Crippen LogP contribution in [0.25, 0.3) is 0 Å². The van der Waals surface area contributed by atoms with E-state index in [1.165, 1.54) is 31.3 Å². The highest BCUT2D eigenvalue weighted by Crippen LogP contribution is 2.58. The van der Waals surface area contributed by atoms with Gasteiger partial charge in [-0.05, 0) is 36.4 Å². The lowest BCUT2D eigenvalue weighted by Crippen LogP contribution is -2.32. The smallest absolute Gasteiger partial charge is 0.417 e. The van der Waals surface area contributed by atoms with Crippen molar-refractivity contribution in [3.8, 4) is 11.5 Å². The zero-order valence-corrected chi connectivity index (χ0v) is 18.6. The normalized spacial score (nSPS) is 21.4. The molecule has 1 atom stereocenters. The van der Waals surface area contributed by atoms with E-state index in [1.54, 1.807) is 0 Å². The summed E-state index contributed by atoms with van der Waals surface area (Å²) in [6.45, 7) is 3.86. The second-order valence-electron chi connectivity index (χ2n) is 9.05. The maximum atomic E-state index is 13.5. The van der Waals surface area contributed by atoms with Crippen LogP contribution in [0.15, 0.2) is 46.4 Å². The zero-order chi connectivity index (χ0) is 24.9. The number of hydrogen-bond acceptors (Lipinski definition) is 4. The predicted molar refractivity (Wildman–Crippen MR) is 115 cm³/mol. The number of ether oxygens (including phenoxy) is 2. The van der Waals surface area contributed by atoms with Gasteiger partial charge in [-0.1, -0.05) is 13.8 Å². The number of aliphatic imine (C=N–C) groups is 2. The Kier molecular flexibility index (Phi) is 5.69. The van der Waals surface area contributed by atoms with Crippen molar-refractivity contribution in [1.82, 2.24) is 0 Å². The van der Waals surface area contributed by atoms with E-state index in [1.807, 2.05) is 13.8 Å². The molecule has 0 radical (unpaired) electrons. The van der Waals surface area contributed by atoms with E-state index in [0.717, 1.165) is 18.3 Å². The minimum Gasteiger partial charge on any atom is -0.489 e. The predicted octanol–water partition coefficient (Wildman–Crippen LogP) is 6.20. The van der Waals surface area contributed by atoms with Gasteiger partial charge in [0, 0.05) is 36.2 Å². The zero-order valence-electron chi connectivity index (χ0n) is 18.6. The molecule has 182 valence electrons. The lowest BCUT2D eigenvalue weighted by molar-refractivity contribution is -0.138. The molecule has 0 saturated heterocycles. The lowest BCUT2D eigenvalue weighted by atomic mass is 10.0. The van der Waals surface area contributed by atoms with E-state index in [-0.39, 0.29) is 35.8 Å². The number of benzene rings is 2. The fraction of sp³-hybridized carbons (Fsp3) is 0.417. The maximum Gasteiger partial charge on any atom is 0.417 e. The highest BCUT2D eigenvalue weighted by Gasteiger charge is 2.65. The van der Waals surface area contributed by atoms with Crippen molar-refractivity contribution in [3.63, 3.8) is 0 Å². The summed E-state index contributed by atoms with van der Waals surface area (Å²) in [4.78, 5) is 7.50. The second-order valence-corrected chi connectivity index (χ2v) is 9.05. The molecule has 4 nitrogen and oxygen atoms in total. The second kappa shape index (κ2) is 8.02. The molecule has 1 unspecified atom stereocenters. The van der Waals surface area contributed by atoms with Gasteiger partial charge in [0.1, 0.15) is 23.7 Å². The fourth-order valence-electron chi connectivity index (χ4n) is 3.95. The first-order chi connectivity index (χ1) is 15.8. The van der Waals surface area contributed by atoms with Crippen LogP contribution in [0.2, 0.25) is 0 Å². The van der Waals surface area contributed by atoms with Gasteiger partial charge in [-0.2, -0.15) is 26.3 Å². The topological polar surface area (TPSA) is 43.2 Å². The van der Waals surface area contributed by atoms with Gasteiger partial charge in [-0.3, -0.25) is 9.98 Å². The molecule has 2 aliphatic rings. The van der Waals surface area contributed by atoms with Crippen molar-refractivity contribution in [1.29, 1.82) is 0 Å². The van der Waals surface area contributed by atoms with E-state index >= 15 is 0 Å². The fourth-order valence-corrected chi connectivity index (χ4v) is 3.95. The molecule has 0 amide bonds. The summed E-state index contributed by atoms with van der Waals surface area (Å²) >= 11 is 0. The number of halogens is 6. The molecule has 0 aromatic heterocycles. The molecule has 2 aromatic rings. The lowest BCUT2D eigenvalue weighted by Gasteiger charge is -2.24. The first kappa shape index (κ1) is 24.1. The van der Waals surface area contributed by atoms with Crippen LogP contribution in [0.5, 0.6) is 11.5 Å². The van der Waals surface area contributed by atoms with Gasteiger partial charge in [0.05, 0.1) is 23.4 Å². The summed E-state index contributed by atoms with van der Waals surface area (Å²) in [7, 11) is 1.37. The standard InChI is InChI=1S/C24H22F6N2O2/c1-21(2)12-22(21,34-16-5-4-14(10-31-3)18(9-16)23(25,26)27)13-33-15-6-7-17(20-11-32-20)19(8-15)24(28,29)30/h4-10H,11-13H2,1-3H3. The molecule has 1 aliphatic heterocycles. The summed E-state index contributed by atoms with van der Waals surface area (Å²) in [5.41, 5.74) is -2.86. The van der Waals surface area contributed by atoms with E-state index in [0.29, 0.717) is 12.1 Å². The van der Waals surface area contributed by atoms with E-state index < -0.39 is 34.5 Å². The molecular weight excluding hydrogens is 462 g/mol. The Hall–Kier alpha value is -3.04. The molecule has 1 fully saturated rings. The minimum absolute atomic E-state index is 0.00603. The van der Waals surface area contributed by atoms with Crippen LogP contribution in [-0.2, 0) is 12.4 Å². The van der Waals surface area contributed by atoms with Crippen LogP contribution < -0.4 is 9.47 Å². The van der Waals surface area contributed by atoms with Crippen molar-refractivity contribution in [2.45, 2.75) is 38.2 Å². The highest BCUT2D eigenvalue weighted by atomic mass is 19.4. The molecule has 1 saturated carbocycles. The Bertz CT molecular complexity index is 1170. The van der Waals surface area contributed by atoms with Gasteiger partial charge in [0.25, 0.3) is 0 Å². The number of hydrogen-bond donors (Lipinski definition) is 0. The van der Waals surface area contributed by atoms with Crippen LogP contribution in [-0.4, -0.2) is 37.7 Å². The number of alkyl halides is 6. The molecule has 0 bridgehead atoms. The highest BCUT2D eigenvalue weighted by molar-refractivity contribution is 6.11. The van der Waals surface area contributed by atoms with Crippen molar-refractivity contribution in [2.75, 3.05) is 20.2 Å². The largest absolute Gasteiger partial charge is 0.489 e. The van der Waals surface area contributed by atoms with E-state index in [2.05, 4.69) is 9.98 Å². The number of rotatable bonds is 7. The first-order valence-corrected chi connectivity index (χ1v) is 10.5. The van der Waals surface area contributed by atoms with Gasteiger partial charge in [0.15, 0.2) is 0 Å². The third-order valence-corrected chi connectivity index (χ3v) is 6.14. The van der Waals surface area contributed by atoms with Crippen LogP contribution in [0, 0.1) is 5.41 Å². The van der Waals surface area contributed by atoms with Gasteiger partial charge < -0.3 is 9.47 Å². The molecule has 4 rings (SSSR count). The molecular formula is C24H22F6N2O2. The molecule has 1 aliphatic carbocycles. The van der Waals surface area contributed by atoms with Gasteiger partial charge >= 0.3 is 12.4 Å².